The molecular formula is C17H18N4O2S. The van der Waals surface area contributed by atoms with Crippen molar-refractivity contribution in [1.29, 1.82) is 0 Å². The topological polar surface area (TPSA) is 76.9 Å². The molecule has 0 radical (unpaired) electrons. The largest absolute Gasteiger partial charge is 0.378 e. The van der Waals surface area contributed by atoms with Crippen molar-refractivity contribution in [2.75, 3.05) is 11.6 Å². The van der Waals surface area contributed by atoms with Gasteiger partial charge in [-0.15, -0.1) is 10.2 Å². The quantitative estimate of drug-likeness (QED) is 0.771. The summed E-state index contributed by atoms with van der Waals surface area (Å²) in [6, 6.07) is 16.6. The fourth-order valence-electron chi connectivity index (χ4n) is 2.37. The normalized spacial score (nSPS) is 11.4. The van der Waals surface area contributed by atoms with E-state index in [9.17, 15) is 8.42 Å². The highest BCUT2D eigenvalue weighted by Crippen LogP contribution is 2.18. The Kier molecular flexibility index (Phi) is 4.35. The summed E-state index contributed by atoms with van der Waals surface area (Å²) in [5.74, 6) is 1.55. The summed E-state index contributed by atoms with van der Waals surface area (Å²) >= 11 is 0. The van der Waals surface area contributed by atoms with Crippen LogP contribution in [-0.4, -0.2) is 29.4 Å². The predicted octanol–water partition coefficient (Wildman–Crippen LogP) is 2.50. The second-order valence-corrected chi connectivity index (χ2v) is 7.53. The van der Waals surface area contributed by atoms with Crippen LogP contribution in [0.3, 0.4) is 0 Å². The lowest BCUT2D eigenvalue weighted by molar-refractivity contribution is 0.602. The molecule has 0 spiro atoms. The lowest BCUT2D eigenvalue weighted by Crippen LogP contribution is -2.07. The van der Waals surface area contributed by atoms with Crippen LogP contribution in [0.25, 0.3) is 11.4 Å². The van der Waals surface area contributed by atoms with E-state index < -0.39 is 9.84 Å². The van der Waals surface area contributed by atoms with E-state index in [0.29, 0.717) is 6.54 Å². The molecule has 2 aromatic carbocycles. The molecule has 1 N–H and O–H groups in total. The van der Waals surface area contributed by atoms with Crippen molar-refractivity contribution in [2.24, 2.45) is 7.05 Å². The van der Waals surface area contributed by atoms with E-state index in [1.54, 1.807) is 18.2 Å². The Bertz CT molecular complexity index is 950. The van der Waals surface area contributed by atoms with Crippen LogP contribution < -0.4 is 5.32 Å². The van der Waals surface area contributed by atoms with Crippen molar-refractivity contribution in [1.82, 2.24) is 14.8 Å². The smallest absolute Gasteiger partial charge is 0.175 e. The Morgan fingerprint density at radius 1 is 1.04 bits per heavy atom. The molecule has 0 aliphatic carbocycles. The highest BCUT2D eigenvalue weighted by molar-refractivity contribution is 7.90. The number of benzene rings is 2. The maximum Gasteiger partial charge on any atom is 0.175 e. The standard InChI is InChI=1S/C17H18N4O2S/c1-21-16(19-20-17(21)13-7-4-3-5-8-13)12-18-14-9-6-10-15(11-14)24(2,22)23/h3-11,18H,12H2,1-2H3. The van der Waals surface area contributed by atoms with Gasteiger partial charge in [0, 0.05) is 24.6 Å². The molecule has 124 valence electrons. The van der Waals surface area contributed by atoms with Gasteiger partial charge in [-0.25, -0.2) is 8.42 Å². The van der Waals surface area contributed by atoms with Gasteiger partial charge in [-0.3, -0.25) is 0 Å². The minimum atomic E-state index is -3.22. The highest BCUT2D eigenvalue weighted by atomic mass is 32.2. The number of rotatable bonds is 5. The molecule has 3 aromatic rings. The summed E-state index contributed by atoms with van der Waals surface area (Å²) in [5, 5.41) is 11.6. The molecule has 0 amide bonds. The van der Waals surface area contributed by atoms with E-state index in [0.717, 1.165) is 22.9 Å². The van der Waals surface area contributed by atoms with Crippen LogP contribution in [0.2, 0.25) is 0 Å². The van der Waals surface area contributed by atoms with Crippen molar-refractivity contribution in [2.45, 2.75) is 11.4 Å². The third kappa shape index (κ3) is 3.46. The molecule has 0 fully saturated rings. The summed E-state index contributed by atoms with van der Waals surface area (Å²) in [4.78, 5) is 0.287. The van der Waals surface area contributed by atoms with Gasteiger partial charge in [0.1, 0.15) is 0 Å². The van der Waals surface area contributed by atoms with E-state index in [2.05, 4.69) is 15.5 Å². The summed E-state index contributed by atoms with van der Waals surface area (Å²) in [5.41, 5.74) is 1.72. The molecule has 0 atom stereocenters. The summed E-state index contributed by atoms with van der Waals surface area (Å²) in [6.45, 7) is 0.448. The lowest BCUT2D eigenvalue weighted by Gasteiger charge is -2.08. The maximum absolute atomic E-state index is 11.6. The molecule has 0 unspecified atom stereocenters. The Balaban J connectivity index is 1.78. The first kappa shape index (κ1) is 16.2. The van der Waals surface area contributed by atoms with Gasteiger partial charge in [-0.1, -0.05) is 36.4 Å². The molecule has 0 bridgehead atoms. The average molecular weight is 342 g/mol. The second kappa shape index (κ2) is 6.45. The molecule has 0 aliphatic rings. The van der Waals surface area contributed by atoms with E-state index in [1.807, 2.05) is 48.0 Å². The fraction of sp³-hybridized carbons (Fsp3) is 0.176. The van der Waals surface area contributed by atoms with Crippen molar-refractivity contribution in [3.63, 3.8) is 0 Å². The zero-order chi connectivity index (χ0) is 17.2. The van der Waals surface area contributed by atoms with Gasteiger partial charge in [0.05, 0.1) is 11.4 Å². The third-order valence-corrected chi connectivity index (χ3v) is 4.82. The average Bonchev–Trinajstić information content (AvgIpc) is 2.94. The number of nitrogens with one attached hydrogen (secondary N) is 1. The lowest BCUT2D eigenvalue weighted by atomic mass is 10.2. The Morgan fingerprint density at radius 3 is 2.50 bits per heavy atom. The zero-order valence-electron chi connectivity index (χ0n) is 13.5. The number of anilines is 1. The van der Waals surface area contributed by atoms with Gasteiger partial charge in [-0.05, 0) is 18.2 Å². The zero-order valence-corrected chi connectivity index (χ0v) is 14.3. The van der Waals surface area contributed by atoms with Crippen LogP contribution in [0.5, 0.6) is 0 Å². The summed E-state index contributed by atoms with van der Waals surface area (Å²) < 4.78 is 25.2. The van der Waals surface area contributed by atoms with E-state index in [1.165, 1.54) is 6.26 Å². The molecule has 6 nitrogen and oxygen atoms in total. The molecule has 0 saturated carbocycles. The first-order valence-corrected chi connectivity index (χ1v) is 9.32. The van der Waals surface area contributed by atoms with E-state index >= 15 is 0 Å². The van der Waals surface area contributed by atoms with Crippen molar-refractivity contribution >= 4 is 15.5 Å². The Hall–Kier alpha value is -2.67. The monoisotopic (exact) mass is 342 g/mol. The SMILES string of the molecule is Cn1c(CNc2cccc(S(C)(=O)=O)c2)nnc1-c1ccccc1. The van der Waals surface area contributed by atoms with Gasteiger partial charge < -0.3 is 9.88 Å². The number of aromatic nitrogens is 3. The van der Waals surface area contributed by atoms with E-state index in [-0.39, 0.29) is 4.90 Å². The molecule has 3 rings (SSSR count). The van der Waals surface area contributed by atoms with Gasteiger partial charge >= 0.3 is 0 Å². The van der Waals surface area contributed by atoms with Crippen molar-refractivity contribution in [3.05, 3.63) is 60.4 Å². The molecule has 0 saturated heterocycles. The summed E-state index contributed by atoms with van der Waals surface area (Å²) in [6.07, 6.45) is 1.20. The van der Waals surface area contributed by atoms with E-state index in [4.69, 9.17) is 0 Å². The number of hydrogen-bond donors (Lipinski definition) is 1. The van der Waals surface area contributed by atoms with Crippen LogP contribution in [-0.2, 0) is 23.4 Å². The molecule has 7 heteroatoms. The Morgan fingerprint density at radius 2 is 1.79 bits per heavy atom. The van der Waals surface area contributed by atoms with Crippen LogP contribution >= 0.6 is 0 Å². The van der Waals surface area contributed by atoms with Gasteiger partial charge in [0.15, 0.2) is 21.5 Å². The fourth-order valence-corrected chi connectivity index (χ4v) is 3.04. The first-order valence-electron chi connectivity index (χ1n) is 7.43. The molecular weight excluding hydrogens is 324 g/mol. The van der Waals surface area contributed by atoms with Crippen LogP contribution in [0.15, 0.2) is 59.5 Å². The number of sulfone groups is 1. The number of hydrogen-bond acceptors (Lipinski definition) is 5. The van der Waals surface area contributed by atoms with Crippen LogP contribution in [0.4, 0.5) is 5.69 Å². The molecule has 24 heavy (non-hydrogen) atoms. The maximum atomic E-state index is 11.6. The van der Waals surface area contributed by atoms with Gasteiger partial charge in [-0.2, -0.15) is 0 Å². The minimum absolute atomic E-state index is 0.287. The number of nitrogens with zero attached hydrogens (tertiary/aromatic N) is 3. The first-order chi connectivity index (χ1) is 11.4. The Labute approximate surface area is 141 Å². The van der Waals surface area contributed by atoms with Gasteiger partial charge in [0.2, 0.25) is 0 Å². The van der Waals surface area contributed by atoms with Crippen LogP contribution in [0.1, 0.15) is 5.82 Å². The highest BCUT2D eigenvalue weighted by Gasteiger charge is 2.11. The third-order valence-electron chi connectivity index (χ3n) is 3.71. The van der Waals surface area contributed by atoms with Crippen LogP contribution in [0, 0.1) is 0 Å². The van der Waals surface area contributed by atoms with Crippen molar-refractivity contribution in [3.8, 4) is 11.4 Å². The molecule has 1 heterocycles. The molecule has 0 aliphatic heterocycles. The minimum Gasteiger partial charge on any atom is -0.378 e. The van der Waals surface area contributed by atoms with Gasteiger partial charge in [0.25, 0.3) is 0 Å². The second-order valence-electron chi connectivity index (χ2n) is 5.52. The van der Waals surface area contributed by atoms with Crippen molar-refractivity contribution < 1.29 is 8.42 Å². The molecule has 1 aromatic heterocycles. The predicted molar refractivity (Wildman–Crippen MR) is 93.3 cm³/mol. The summed E-state index contributed by atoms with van der Waals surface area (Å²) in [7, 11) is -1.31.